The van der Waals surface area contributed by atoms with Crippen LogP contribution in [-0.2, 0) is 0 Å². The van der Waals surface area contributed by atoms with Gasteiger partial charge in [0.2, 0.25) is 0 Å². The van der Waals surface area contributed by atoms with Crippen molar-refractivity contribution in [2.45, 2.75) is 25.8 Å². The number of carbonyl (C=O) groups is 1. The molecule has 0 heterocycles. The van der Waals surface area contributed by atoms with E-state index in [-0.39, 0.29) is 18.6 Å². The summed E-state index contributed by atoms with van der Waals surface area (Å²) >= 11 is 0. The van der Waals surface area contributed by atoms with Crippen molar-refractivity contribution in [3.05, 3.63) is 35.1 Å². The third-order valence-electron chi connectivity index (χ3n) is 2.43. The standard InChI is InChI=1S/C12H14F3NO2/c1-12(2,3-4-17)16-11(18)7-5-8(13)10(15)9(14)6-7/h5-6,17H,3-4H2,1-2H3,(H,16,18). The molecule has 3 nitrogen and oxygen atoms in total. The van der Waals surface area contributed by atoms with E-state index in [2.05, 4.69) is 5.32 Å². The summed E-state index contributed by atoms with van der Waals surface area (Å²) in [4.78, 5) is 11.7. The van der Waals surface area contributed by atoms with Gasteiger partial charge in [0.05, 0.1) is 0 Å². The van der Waals surface area contributed by atoms with Crippen LogP contribution in [-0.4, -0.2) is 23.2 Å². The number of amides is 1. The molecule has 1 amide bonds. The third-order valence-corrected chi connectivity index (χ3v) is 2.43. The van der Waals surface area contributed by atoms with Crippen LogP contribution in [0.4, 0.5) is 13.2 Å². The van der Waals surface area contributed by atoms with E-state index in [9.17, 15) is 18.0 Å². The molecular formula is C12H14F3NO2. The van der Waals surface area contributed by atoms with Crippen LogP contribution in [0, 0.1) is 17.5 Å². The van der Waals surface area contributed by atoms with Crippen LogP contribution in [0.2, 0.25) is 0 Å². The fourth-order valence-corrected chi connectivity index (χ4v) is 1.41. The molecule has 0 fully saturated rings. The minimum Gasteiger partial charge on any atom is -0.396 e. The van der Waals surface area contributed by atoms with Gasteiger partial charge < -0.3 is 10.4 Å². The Morgan fingerprint density at radius 3 is 2.22 bits per heavy atom. The molecule has 0 bridgehead atoms. The fourth-order valence-electron chi connectivity index (χ4n) is 1.41. The molecule has 0 radical (unpaired) electrons. The van der Waals surface area contributed by atoms with E-state index in [1.807, 2.05) is 0 Å². The highest BCUT2D eigenvalue weighted by atomic mass is 19.2. The Morgan fingerprint density at radius 2 is 1.78 bits per heavy atom. The normalized spacial score (nSPS) is 11.4. The molecule has 18 heavy (non-hydrogen) atoms. The maximum Gasteiger partial charge on any atom is 0.251 e. The van der Waals surface area contributed by atoms with Gasteiger partial charge in [-0.1, -0.05) is 0 Å². The number of carbonyl (C=O) groups excluding carboxylic acids is 1. The highest BCUT2D eigenvalue weighted by Crippen LogP contribution is 2.15. The summed E-state index contributed by atoms with van der Waals surface area (Å²) < 4.78 is 38.6. The number of aliphatic hydroxyl groups excluding tert-OH is 1. The SMILES string of the molecule is CC(C)(CCO)NC(=O)c1cc(F)c(F)c(F)c1. The van der Waals surface area contributed by atoms with Crippen molar-refractivity contribution in [1.29, 1.82) is 0 Å². The van der Waals surface area contributed by atoms with Gasteiger partial charge in [0.25, 0.3) is 5.91 Å². The maximum atomic E-state index is 12.9. The number of aliphatic hydroxyl groups is 1. The second-order valence-corrected chi connectivity index (χ2v) is 4.57. The average Bonchev–Trinajstić information content (AvgIpc) is 2.24. The first-order valence-electron chi connectivity index (χ1n) is 5.35. The molecule has 0 atom stereocenters. The highest BCUT2D eigenvalue weighted by Gasteiger charge is 2.22. The second kappa shape index (κ2) is 5.39. The van der Waals surface area contributed by atoms with Crippen molar-refractivity contribution in [3.8, 4) is 0 Å². The average molecular weight is 261 g/mol. The minimum absolute atomic E-state index is 0.139. The van der Waals surface area contributed by atoms with Crippen molar-refractivity contribution < 1.29 is 23.1 Å². The molecule has 0 aliphatic heterocycles. The molecule has 0 spiro atoms. The second-order valence-electron chi connectivity index (χ2n) is 4.57. The first-order chi connectivity index (χ1) is 8.26. The largest absolute Gasteiger partial charge is 0.396 e. The molecule has 0 aromatic heterocycles. The third kappa shape index (κ3) is 3.46. The van der Waals surface area contributed by atoms with E-state index in [0.717, 1.165) is 0 Å². The number of hydrogen-bond donors (Lipinski definition) is 2. The van der Waals surface area contributed by atoms with Gasteiger partial charge in [0, 0.05) is 17.7 Å². The molecule has 0 saturated heterocycles. The molecule has 100 valence electrons. The van der Waals surface area contributed by atoms with E-state index < -0.39 is 28.9 Å². The minimum atomic E-state index is -1.61. The Kier molecular flexibility index (Phi) is 4.34. The number of halogens is 3. The lowest BCUT2D eigenvalue weighted by atomic mass is 10.0. The lowest BCUT2D eigenvalue weighted by molar-refractivity contribution is 0.0898. The Hall–Kier alpha value is -1.56. The van der Waals surface area contributed by atoms with Crippen LogP contribution in [0.3, 0.4) is 0 Å². The van der Waals surface area contributed by atoms with Gasteiger partial charge in [-0.2, -0.15) is 0 Å². The van der Waals surface area contributed by atoms with Gasteiger partial charge in [-0.15, -0.1) is 0 Å². The lowest BCUT2D eigenvalue weighted by Crippen LogP contribution is -2.44. The summed E-state index contributed by atoms with van der Waals surface area (Å²) in [7, 11) is 0. The van der Waals surface area contributed by atoms with Gasteiger partial charge in [-0.05, 0) is 32.4 Å². The molecule has 1 aromatic rings. The Balaban J connectivity index is 2.92. The van der Waals surface area contributed by atoms with E-state index >= 15 is 0 Å². The summed E-state index contributed by atoms with van der Waals surface area (Å²) in [5, 5.41) is 11.3. The van der Waals surface area contributed by atoms with Gasteiger partial charge >= 0.3 is 0 Å². The number of rotatable bonds is 4. The van der Waals surface area contributed by atoms with Crippen LogP contribution >= 0.6 is 0 Å². The topological polar surface area (TPSA) is 49.3 Å². The lowest BCUT2D eigenvalue weighted by Gasteiger charge is -2.25. The summed E-state index contributed by atoms with van der Waals surface area (Å²) in [6.07, 6.45) is 0.283. The van der Waals surface area contributed by atoms with Crippen LogP contribution in [0.25, 0.3) is 0 Å². The molecular weight excluding hydrogens is 247 g/mol. The van der Waals surface area contributed by atoms with Gasteiger partial charge in [0.1, 0.15) is 0 Å². The van der Waals surface area contributed by atoms with Gasteiger partial charge in [0.15, 0.2) is 17.5 Å². The highest BCUT2D eigenvalue weighted by molar-refractivity contribution is 5.94. The van der Waals surface area contributed by atoms with Crippen molar-refractivity contribution >= 4 is 5.91 Å². The molecule has 0 saturated carbocycles. The Morgan fingerprint density at radius 1 is 1.28 bits per heavy atom. The Bertz CT molecular complexity index is 438. The quantitative estimate of drug-likeness (QED) is 0.814. The van der Waals surface area contributed by atoms with Gasteiger partial charge in [-0.3, -0.25) is 4.79 Å². The number of nitrogens with one attached hydrogen (secondary N) is 1. The summed E-state index contributed by atoms with van der Waals surface area (Å²) in [6.45, 7) is 3.16. The molecule has 1 aromatic carbocycles. The van der Waals surface area contributed by atoms with Gasteiger partial charge in [-0.25, -0.2) is 13.2 Å². The van der Waals surface area contributed by atoms with Crippen LogP contribution in [0.15, 0.2) is 12.1 Å². The molecule has 0 aliphatic rings. The van der Waals surface area contributed by atoms with Crippen molar-refractivity contribution in [2.24, 2.45) is 0 Å². The fraction of sp³-hybridized carbons (Fsp3) is 0.417. The Labute approximate surface area is 103 Å². The van der Waals surface area contributed by atoms with Crippen molar-refractivity contribution in [2.75, 3.05) is 6.61 Å². The van der Waals surface area contributed by atoms with Crippen LogP contribution in [0.1, 0.15) is 30.6 Å². The molecule has 6 heteroatoms. The molecule has 0 unspecified atom stereocenters. The number of benzene rings is 1. The first-order valence-corrected chi connectivity index (χ1v) is 5.35. The summed E-state index contributed by atoms with van der Waals surface area (Å²) in [6, 6.07) is 1.26. The monoisotopic (exact) mass is 261 g/mol. The zero-order valence-electron chi connectivity index (χ0n) is 10.1. The maximum absolute atomic E-state index is 12.9. The summed E-state index contributed by atoms with van der Waals surface area (Å²) in [5.41, 5.74) is -1.04. The smallest absolute Gasteiger partial charge is 0.251 e. The van der Waals surface area contributed by atoms with Crippen molar-refractivity contribution in [3.63, 3.8) is 0 Å². The van der Waals surface area contributed by atoms with E-state index in [4.69, 9.17) is 5.11 Å². The van der Waals surface area contributed by atoms with Crippen LogP contribution < -0.4 is 5.32 Å². The number of hydrogen-bond acceptors (Lipinski definition) is 2. The molecule has 1 rings (SSSR count). The predicted octanol–water partition coefficient (Wildman–Crippen LogP) is 1.99. The zero-order chi connectivity index (χ0) is 13.9. The van der Waals surface area contributed by atoms with E-state index in [1.165, 1.54) is 0 Å². The van der Waals surface area contributed by atoms with Crippen molar-refractivity contribution in [1.82, 2.24) is 5.32 Å². The first kappa shape index (κ1) is 14.5. The summed E-state index contributed by atoms with van der Waals surface area (Å²) in [5.74, 6) is -5.17. The predicted molar refractivity (Wildman–Crippen MR) is 59.6 cm³/mol. The molecule has 0 aliphatic carbocycles. The van der Waals surface area contributed by atoms with Crippen LogP contribution in [0.5, 0.6) is 0 Å². The molecule has 2 N–H and O–H groups in total. The zero-order valence-corrected chi connectivity index (χ0v) is 10.1. The van der Waals surface area contributed by atoms with E-state index in [1.54, 1.807) is 13.8 Å². The van der Waals surface area contributed by atoms with E-state index in [0.29, 0.717) is 12.1 Å².